The second kappa shape index (κ2) is 5.61. The second-order valence-corrected chi connectivity index (χ2v) is 5.16. The van der Waals surface area contributed by atoms with Crippen LogP contribution in [0.1, 0.15) is 17.2 Å². The highest BCUT2D eigenvalue weighted by molar-refractivity contribution is 6.29. The molecule has 0 amide bonds. The highest BCUT2D eigenvalue weighted by Gasteiger charge is 2.11. The Hall–Kier alpha value is -1.90. The summed E-state index contributed by atoms with van der Waals surface area (Å²) in [5, 5.41) is 13.1. The molecule has 0 saturated heterocycles. The molecule has 0 radical (unpaired) electrons. The third-order valence-electron chi connectivity index (χ3n) is 3.43. The van der Waals surface area contributed by atoms with Gasteiger partial charge in [0.05, 0.1) is 6.10 Å². The lowest BCUT2D eigenvalue weighted by Crippen LogP contribution is -2.02. The molecule has 20 heavy (non-hydrogen) atoms. The Morgan fingerprint density at radius 3 is 2.60 bits per heavy atom. The van der Waals surface area contributed by atoms with E-state index in [1.165, 1.54) is 10.8 Å². The summed E-state index contributed by atoms with van der Waals surface area (Å²) in [6.07, 6.45) is 1.61. The molecule has 1 N–H and O–H groups in total. The number of pyridine rings is 1. The number of nitrogens with zero attached hydrogens (tertiary/aromatic N) is 1. The van der Waals surface area contributed by atoms with Gasteiger partial charge in [-0.05, 0) is 28.0 Å². The Morgan fingerprint density at radius 1 is 1.00 bits per heavy atom. The van der Waals surface area contributed by atoms with Crippen LogP contribution in [0, 0.1) is 0 Å². The van der Waals surface area contributed by atoms with Gasteiger partial charge >= 0.3 is 0 Å². The number of hydrogen-bond acceptors (Lipinski definition) is 2. The van der Waals surface area contributed by atoms with Gasteiger partial charge in [-0.25, -0.2) is 4.98 Å². The lowest BCUT2D eigenvalue weighted by Gasteiger charge is -2.12. The monoisotopic (exact) mass is 283 g/mol. The van der Waals surface area contributed by atoms with E-state index in [1.807, 2.05) is 24.3 Å². The summed E-state index contributed by atoms with van der Waals surface area (Å²) in [4.78, 5) is 4.01. The largest absolute Gasteiger partial charge is 0.388 e. The van der Waals surface area contributed by atoms with Crippen molar-refractivity contribution in [1.29, 1.82) is 0 Å². The van der Waals surface area contributed by atoms with E-state index in [9.17, 15) is 5.11 Å². The number of aliphatic hydroxyl groups is 1. The summed E-state index contributed by atoms with van der Waals surface area (Å²) < 4.78 is 0. The molecule has 3 rings (SSSR count). The topological polar surface area (TPSA) is 33.1 Å². The number of fused-ring (bicyclic) bond motifs is 1. The van der Waals surface area contributed by atoms with Crippen molar-refractivity contribution in [2.45, 2.75) is 12.5 Å². The van der Waals surface area contributed by atoms with Crippen molar-refractivity contribution in [2.75, 3.05) is 0 Å². The summed E-state index contributed by atoms with van der Waals surface area (Å²) in [5.74, 6) is 0. The standard InChI is InChI=1S/C17H14ClNO/c18-17-9-8-14(11-19-17)16(20)10-13-6-3-5-12-4-1-2-7-15(12)13/h1-9,11,16,20H,10H2. The average Bonchev–Trinajstić information content (AvgIpc) is 2.48. The first-order chi connectivity index (χ1) is 9.74. The van der Waals surface area contributed by atoms with Crippen LogP contribution < -0.4 is 0 Å². The van der Waals surface area contributed by atoms with E-state index < -0.39 is 6.10 Å². The highest BCUT2D eigenvalue weighted by Crippen LogP contribution is 2.24. The molecule has 1 atom stereocenters. The summed E-state index contributed by atoms with van der Waals surface area (Å²) in [6.45, 7) is 0. The molecular formula is C17H14ClNO. The fourth-order valence-electron chi connectivity index (χ4n) is 2.38. The Bertz CT molecular complexity index is 719. The molecule has 1 unspecified atom stereocenters. The van der Waals surface area contributed by atoms with Gasteiger partial charge in [-0.15, -0.1) is 0 Å². The first kappa shape index (κ1) is 13.1. The van der Waals surface area contributed by atoms with Gasteiger partial charge < -0.3 is 5.11 Å². The quantitative estimate of drug-likeness (QED) is 0.732. The van der Waals surface area contributed by atoms with Gasteiger partial charge in [-0.1, -0.05) is 60.1 Å². The fourth-order valence-corrected chi connectivity index (χ4v) is 2.49. The SMILES string of the molecule is OC(Cc1cccc2ccccc12)c1ccc(Cl)nc1. The van der Waals surface area contributed by atoms with E-state index in [0.29, 0.717) is 11.6 Å². The second-order valence-electron chi connectivity index (χ2n) is 4.77. The van der Waals surface area contributed by atoms with Gasteiger partial charge in [0.1, 0.15) is 5.15 Å². The molecule has 0 aliphatic rings. The van der Waals surface area contributed by atoms with Crippen LogP contribution in [0.2, 0.25) is 5.15 Å². The smallest absolute Gasteiger partial charge is 0.129 e. The van der Waals surface area contributed by atoms with Gasteiger partial charge in [-0.3, -0.25) is 0 Å². The number of aliphatic hydroxyl groups excluding tert-OH is 1. The summed E-state index contributed by atoms with van der Waals surface area (Å²) >= 11 is 5.76. The van der Waals surface area contributed by atoms with Crippen LogP contribution in [0.15, 0.2) is 60.8 Å². The van der Waals surface area contributed by atoms with Crippen LogP contribution >= 0.6 is 11.6 Å². The molecule has 0 spiro atoms. The number of halogens is 1. The Balaban J connectivity index is 1.91. The summed E-state index contributed by atoms with van der Waals surface area (Å²) in [6, 6.07) is 17.9. The predicted molar refractivity (Wildman–Crippen MR) is 81.9 cm³/mol. The Labute approximate surface area is 122 Å². The summed E-state index contributed by atoms with van der Waals surface area (Å²) in [5.41, 5.74) is 1.91. The number of benzene rings is 2. The zero-order chi connectivity index (χ0) is 13.9. The van der Waals surface area contributed by atoms with Crippen molar-refractivity contribution in [1.82, 2.24) is 4.98 Å². The Kier molecular flexibility index (Phi) is 3.68. The van der Waals surface area contributed by atoms with Crippen LogP contribution in [0.25, 0.3) is 10.8 Å². The minimum Gasteiger partial charge on any atom is -0.388 e. The first-order valence-corrected chi connectivity index (χ1v) is 6.88. The number of hydrogen-bond donors (Lipinski definition) is 1. The molecule has 2 nitrogen and oxygen atoms in total. The number of rotatable bonds is 3. The van der Waals surface area contributed by atoms with Crippen LogP contribution in [0.4, 0.5) is 0 Å². The van der Waals surface area contributed by atoms with Gasteiger partial charge in [0, 0.05) is 12.6 Å². The maximum Gasteiger partial charge on any atom is 0.129 e. The molecular weight excluding hydrogens is 270 g/mol. The van der Waals surface area contributed by atoms with Crippen LogP contribution in [0.5, 0.6) is 0 Å². The van der Waals surface area contributed by atoms with E-state index in [4.69, 9.17) is 11.6 Å². The van der Waals surface area contributed by atoms with Crippen molar-refractivity contribution in [3.8, 4) is 0 Å². The molecule has 1 aromatic heterocycles. The molecule has 3 heteroatoms. The molecule has 0 aliphatic heterocycles. The molecule has 2 aromatic carbocycles. The molecule has 1 heterocycles. The van der Waals surface area contributed by atoms with Crippen molar-refractivity contribution >= 4 is 22.4 Å². The molecule has 0 aliphatic carbocycles. The van der Waals surface area contributed by atoms with E-state index in [2.05, 4.69) is 29.2 Å². The van der Waals surface area contributed by atoms with Crippen LogP contribution in [-0.2, 0) is 6.42 Å². The lowest BCUT2D eigenvalue weighted by atomic mass is 9.97. The minimum atomic E-state index is -0.578. The van der Waals surface area contributed by atoms with Crippen LogP contribution in [0.3, 0.4) is 0 Å². The zero-order valence-electron chi connectivity index (χ0n) is 10.8. The van der Waals surface area contributed by atoms with Crippen molar-refractivity contribution < 1.29 is 5.11 Å². The van der Waals surface area contributed by atoms with Crippen LogP contribution in [-0.4, -0.2) is 10.1 Å². The number of aromatic nitrogens is 1. The predicted octanol–water partition coefficient (Wildman–Crippen LogP) is 4.16. The van der Waals surface area contributed by atoms with Gasteiger partial charge in [0.2, 0.25) is 0 Å². The van der Waals surface area contributed by atoms with E-state index in [-0.39, 0.29) is 0 Å². The van der Waals surface area contributed by atoms with Crippen molar-refractivity contribution in [3.63, 3.8) is 0 Å². The first-order valence-electron chi connectivity index (χ1n) is 6.50. The fraction of sp³-hybridized carbons (Fsp3) is 0.118. The maximum absolute atomic E-state index is 10.3. The van der Waals surface area contributed by atoms with Gasteiger partial charge in [0.15, 0.2) is 0 Å². The lowest BCUT2D eigenvalue weighted by molar-refractivity contribution is 0.178. The molecule has 0 fully saturated rings. The third-order valence-corrected chi connectivity index (χ3v) is 3.65. The van der Waals surface area contributed by atoms with E-state index in [0.717, 1.165) is 11.1 Å². The molecule has 100 valence electrons. The normalized spacial score (nSPS) is 12.5. The minimum absolute atomic E-state index is 0.436. The van der Waals surface area contributed by atoms with Crippen molar-refractivity contribution in [3.05, 3.63) is 77.1 Å². The van der Waals surface area contributed by atoms with E-state index >= 15 is 0 Å². The highest BCUT2D eigenvalue weighted by atomic mass is 35.5. The van der Waals surface area contributed by atoms with E-state index in [1.54, 1.807) is 12.3 Å². The van der Waals surface area contributed by atoms with Crippen molar-refractivity contribution in [2.24, 2.45) is 0 Å². The zero-order valence-corrected chi connectivity index (χ0v) is 11.6. The maximum atomic E-state index is 10.3. The van der Waals surface area contributed by atoms with Gasteiger partial charge in [-0.2, -0.15) is 0 Å². The third kappa shape index (κ3) is 2.67. The molecule has 0 bridgehead atoms. The average molecular weight is 284 g/mol. The van der Waals surface area contributed by atoms with Gasteiger partial charge in [0.25, 0.3) is 0 Å². The molecule has 3 aromatic rings. The molecule has 0 saturated carbocycles. The summed E-state index contributed by atoms with van der Waals surface area (Å²) in [7, 11) is 0. The Morgan fingerprint density at radius 2 is 1.80 bits per heavy atom.